The van der Waals surface area contributed by atoms with Crippen molar-refractivity contribution in [3.05, 3.63) is 42.0 Å². The van der Waals surface area contributed by atoms with Gasteiger partial charge in [0.15, 0.2) is 5.82 Å². The number of fused-ring (bicyclic) bond motifs is 2. The zero-order chi connectivity index (χ0) is 25.0. The van der Waals surface area contributed by atoms with Crippen molar-refractivity contribution in [1.29, 1.82) is 0 Å². The normalized spacial score (nSPS) is 18.1. The molecule has 0 unspecified atom stereocenters. The highest BCUT2D eigenvalue weighted by Crippen LogP contribution is 2.43. The van der Waals surface area contributed by atoms with Gasteiger partial charge in [-0.25, -0.2) is 15.0 Å². The quantitative estimate of drug-likeness (QED) is 0.450. The molecule has 1 aromatic carbocycles. The Balaban J connectivity index is 1.48. The van der Waals surface area contributed by atoms with Crippen LogP contribution in [0.1, 0.15) is 43.5 Å². The van der Waals surface area contributed by atoms with E-state index in [0.29, 0.717) is 17.5 Å². The highest BCUT2D eigenvalue weighted by atomic mass is 16.2. The van der Waals surface area contributed by atoms with Gasteiger partial charge in [-0.15, -0.1) is 6.42 Å². The van der Waals surface area contributed by atoms with Crippen molar-refractivity contribution in [3.8, 4) is 23.6 Å². The maximum Gasteiger partial charge on any atom is 0.226 e. The number of hydrogen-bond acceptors (Lipinski definition) is 5. The van der Waals surface area contributed by atoms with Crippen LogP contribution in [0.15, 0.2) is 30.6 Å². The third-order valence-electron chi connectivity index (χ3n) is 7.78. The highest BCUT2D eigenvalue weighted by molar-refractivity contribution is 6.05. The minimum Gasteiger partial charge on any atom is -0.383 e. The monoisotopic (exact) mass is 479 g/mol. The van der Waals surface area contributed by atoms with E-state index >= 15 is 0 Å². The molecule has 4 aromatic rings. The van der Waals surface area contributed by atoms with Crippen LogP contribution in [0.4, 0.5) is 5.82 Å². The molecule has 3 aromatic heterocycles. The second-order valence-corrected chi connectivity index (χ2v) is 9.82. The van der Waals surface area contributed by atoms with E-state index in [1.807, 2.05) is 23.6 Å². The van der Waals surface area contributed by atoms with Crippen LogP contribution in [0, 0.1) is 18.3 Å². The molecule has 8 nitrogen and oxygen atoms in total. The third kappa shape index (κ3) is 3.38. The molecule has 1 aliphatic carbocycles. The largest absolute Gasteiger partial charge is 0.383 e. The predicted octanol–water partition coefficient (Wildman–Crippen LogP) is 3.89. The summed E-state index contributed by atoms with van der Waals surface area (Å²) in [5, 5.41) is 0.857. The number of nitrogens with two attached hydrogens (primary N) is 1. The molecule has 2 N–H and O–H groups in total. The van der Waals surface area contributed by atoms with Crippen molar-refractivity contribution >= 4 is 39.4 Å². The molecule has 1 saturated heterocycles. The van der Waals surface area contributed by atoms with E-state index < -0.39 is 0 Å². The van der Waals surface area contributed by atoms with E-state index in [9.17, 15) is 4.79 Å². The molecule has 1 aliphatic heterocycles. The fourth-order valence-electron chi connectivity index (χ4n) is 5.88. The number of rotatable bonds is 3. The first-order chi connectivity index (χ1) is 17.5. The van der Waals surface area contributed by atoms with Crippen LogP contribution in [0.2, 0.25) is 0 Å². The number of carbonyl (C=O) groups is 1. The van der Waals surface area contributed by atoms with Gasteiger partial charge in [0.1, 0.15) is 17.8 Å². The number of hydrogen-bond donors (Lipinski definition) is 1. The Labute approximate surface area is 209 Å². The van der Waals surface area contributed by atoms with Gasteiger partial charge in [0, 0.05) is 44.2 Å². The van der Waals surface area contributed by atoms with Crippen LogP contribution in [-0.4, -0.2) is 48.0 Å². The Morgan fingerprint density at radius 2 is 1.97 bits per heavy atom. The van der Waals surface area contributed by atoms with E-state index in [1.165, 1.54) is 11.9 Å². The standard InChI is InChI=1S/C28H29N7O/c1-4-22-32-20-15-19(11-12-21(20)33(22)2)25-23(24-26(29)30-16-31-27(24)34(25)3)17-7-9-18(10-8-17)28(36)35-13-5-6-14-35/h1,7,11-12,15-16,18H,5-6,8-10,13-14H2,2-3H3,(H2,29,30,31)/t18-/m1/s1. The van der Waals surface area contributed by atoms with Crippen LogP contribution in [0.3, 0.4) is 0 Å². The highest BCUT2D eigenvalue weighted by Gasteiger charge is 2.30. The molecular weight excluding hydrogens is 450 g/mol. The maximum atomic E-state index is 13.0. The van der Waals surface area contributed by atoms with Crippen molar-refractivity contribution in [3.63, 3.8) is 0 Å². The lowest BCUT2D eigenvalue weighted by molar-refractivity contribution is -0.134. The maximum absolute atomic E-state index is 13.0. The topological polar surface area (TPSA) is 94.9 Å². The second-order valence-electron chi connectivity index (χ2n) is 9.82. The summed E-state index contributed by atoms with van der Waals surface area (Å²) in [5.74, 6) is 4.05. The summed E-state index contributed by atoms with van der Waals surface area (Å²) in [4.78, 5) is 28.6. The Hall–Kier alpha value is -4.12. The third-order valence-corrected chi connectivity index (χ3v) is 7.78. The van der Waals surface area contributed by atoms with E-state index in [4.69, 9.17) is 12.2 Å². The summed E-state index contributed by atoms with van der Waals surface area (Å²) >= 11 is 0. The van der Waals surface area contributed by atoms with Crippen molar-refractivity contribution in [2.45, 2.75) is 32.1 Å². The lowest BCUT2D eigenvalue weighted by Crippen LogP contribution is -2.34. The fourth-order valence-corrected chi connectivity index (χ4v) is 5.88. The first-order valence-corrected chi connectivity index (χ1v) is 12.5. The molecule has 0 bridgehead atoms. The number of nitrogen functional groups attached to an aromatic ring is 1. The molecule has 1 fully saturated rings. The Morgan fingerprint density at radius 1 is 1.17 bits per heavy atom. The molecule has 0 radical (unpaired) electrons. The number of allylic oxidation sites excluding steroid dienone is 2. The molecule has 182 valence electrons. The van der Waals surface area contributed by atoms with Gasteiger partial charge in [-0.3, -0.25) is 4.79 Å². The van der Waals surface area contributed by atoms with Gasteiger partial charge in [-0.2, -0.15) is 0 Å². The lowest BCUT2D eigenvalue weighted by atomic mass is 9.84. The first-order valence-electron chi connectivity index (χ1n) is 12.5. The number of likely N-dealkylation sites (tertiary alicyclic amines) is 1. The minimum atomic E-state index is 0.0472. The number of terminal acetylenes is 1. The summed E-state index contributed by atoms with van der Waals surface area (Å²) < 4.78 is 4.00. The van der Waals surface area contributed by atoms with E-state index in [0.717, 1.165) is 84.1 Å². The van der Waals surface area contributed by atoms with Crippen molar-refractivity contribution in [2.75, 3.05) is 18.8 Å². The van der Waals surface area contributed by atoms with Gasteiger partial charge in [-0.05, 0) is 55.7 Å². The summed E-state index contributed by atoms with van der Waals surface area (Å²) in [6.45, 7) is 1.79. The molecule has 0 spiro atoms. The van der Waals surface area contributed by atoms with Crippen molar-refractivity contribution in [1.82, 2.24) is 29.0 Å². The molecule has 8 heteroatoms. The molecule has 4 heterocycles. The molecule has 1 atom stereocenters. The number of benzene rings is 1. The van der Waals surface area contributed by atoms with Crippen LogP contribution in [-0.2, 0) is 18.9 Å². The summed E-state index contributed by atoms with van der Waals surface area (Å²) in [6, 6.07) is 6.21. The SMILES string of the molecule is C#Cc1nc2cc(-c3c(C4=CC[C@@H](C(=O)N5CCCC5)CC4)c4c(N)ncnc4n3C)ccc2n1C. The van der Waals surface area contributed by atoms with Crippen LogP contribution in [0.25, 0.3) is 38.9 Å². The van der Waals surface area contributed by atoms with Crippen LogP contribution < -0.4 is 5.73 Å². The van der Waals surface area contributed by atoms with Crippen LogP contribution >= 0.6 is 0 Å². The summed E-state index contributed by atoms with van der Waals surface area (Å²) in [5.41, 5.74) is 13.3. The Bertz CT molecular complexity index is 1590. The van der Waals surface area contributed by atoms with Crippen molar-refractivity contribution in [2.24, 2.45) is 20.0 Å². The van der Waals surface area contributed by atoms with E-state index in [1.54, 1.807) is 0 Å². The van der Waals surface area contributed by atoms with Gasteiger partial charge in [-0.1, -0.05) is 12.1 Å². The predicted molar refractivity (Wildman–Crippen MR) is 142 cm³/mol. The molecular formula is C28H29N7O. The average Bonchev–Trinajstić information content (AvgIpc) is 3.61. The van der Waals surface area contributed by atoms with Gasteiger partial charge in [0.05, 0.1) is 22.1 Å². The Kier molecular flexibility index (Phi) is 5.29. The molecule has 1 amide bonds. The van der Waals surface area contributed by atoms with Gasteiger partial charge in [0.2, 0.25) is 5.91 Å². The number of amides is 1. The number of carbonyl (C=O) groups excluding carboxylic acids is 1. The van der Waals surface area contributed by atoms with Gasteiger partial charge < -0.3 is 19.8 Å². The molecule has 36 heavy (non-hydrogen) atoms. The lowest BCUT2D eigenvalue weighted by Gasteiger charge is -2.26. The number of aryl methyl sites for hydroxylation is 2. The second kappa shape index (κ2) is 8.52. The van der Waals surface area contributed by atoms with Gasteiger partial charge in [0.25, 0.3) is 0 Å². The number of nitrogens with zero attached hydrogens (tertiary/aromatic N) is 6. The molecule has 0 saturated carbocycles. The smallest absolute Gasteiger partial charge is 0.226 e. The summed E-state index contributed by atoms with van der Waals surface area (Å²) in [7, 11) is 3.93. The number of anilines is 1. The van der Waals surface area contributed by atoms with E-state index in [-0.39, 0.29) is 5.92 Å². The zero-order valence-corrected chi connectivity index (χ0v) is 20.7. The molecule has 6 rings (SSSR count). The zero-order valence-electron chi connectivity index (χ0n) is 20.7. The Morgan fingerprint density at radius 3 is 2.69 bits per heavy atom. The average molecular weight is 480 g/mol. The van der Waals surface area contributed by atoms with Crippen molar-refractivity contribution < 1.29 is 4.79 Å². The molecule has 2 aliphatic rings. The number of imidazole rings is 1. The summed E-state index contributed by atoms with van der Waals surface area (Å²) in [6.07, 6.45) is 14.0. The minimum absolute atomic E-state index is 0.0472. The first kappa shape index (κ1) is 22.4. The number of aromatic nitrogens is 5. The van der Waals surface area contributed by atoms with Gasteiger partial charge >= 0.3 is 0 Å². The fraction of sp³-hybridized carbons (Fsp3) is 0.357. The van der Waals surface area contributed by atoms with Crippen LogP contribution in [0.5, 0.6) is 0 Å². The van der Waals surface area contributed by atoms with E-state index in [2.05, 4.69) is 49.7 Å².